The van der Waals surface area contributed by atoms with Crippen LogP contribution in [0.4, 0.5) is 5.69 Å². The highest BCUT2D eigenvalue weighted by Crippen LogP contribution is 2.16. The number of nitriles is 1. The monoisotopic (exact) mass is 332 g/mol. The van der Waals surface area contributed by atoms with Crippen LogP contribution in [0.1, 0.15) is 12.5 Å². The molecule has 0 aliphatic rings. The number of hydrogen-bond acceptors (Lipinski definition) is 4. The third kappa shape index (κ3) is 4.03. The van der Waals surface area contributed by atoms with Crippen LogP contribution in [0, 0.1) is 11.3 Å². The number of nitrogens with one attached hydrogen (secondary N) is 1. The Morgan fingerprint density at radius 2 is 2.08 bits per heavy atom. The summed E-state index contributed by atoms with van der Waals surface area (Å²) in [4.78, 5) is 16.3. The number of carbonyl (C=O) groups is 1. The summed E-state index contributed by atoms with van der Waals surface area (Å²) in [6.45, 7) is 1.66. The Hall–Kier alpha value is -3.59. The predicted molar refractivity (Wildman–Crippen MR) is 93.4 cm³/mol. The summed E-state index contributed by atoms with van der Waals surface area (Å²) in [5.74, 6) is 0.217. The third-order valence-electron chi connectivity index (χ3n) is 3.58. The SMILES string of the molecule is CC(Oc1cccc(C#N)c1)C(=O)Nc1ccc(-n2ccnc2)cc1. The first-order valence-corrected chi connectivity index (χ1v) is 7.72. The molecule has 0 saturated carbocycles. The number of hydrogen-bond donors (Lipinski definition) is 1. The van der Waals surface area contributed by atoms with Crippen molar-refractivity contribution < 1.29 is 9.53 Å². The molecule has 0 saturated heterocycles. The van der Waals surface area contributed by atoms with Gasteiger partial charge in [-0.05, 0) is 49.4 Å². The second kappa shape index (κ2) is 7.32. The molecule has 6 heteroatoms. The zero-order chi connectivity index (χ0) is 17.6. The van der Waals surface area contributed by atoms with Crippen molar-refractivity contribution in [2.75, 3.05) is 5.32 Å². The van der Waals surface area contributed by atoms with Gasteiger partial charge in [-0.1, -0.05) is 6.07 Å². The number of aromatic nitrogens is 2. The zero-order valence-corrected chi connectivity index (χ0v) is 13.6. The molecule has 3 aromatic rings. The van der Waals surface area contributed by atoms with E-state index in [2.05, 4.69) is 10.3 Å². The van der Waals surface area contributed by atoms with E-state index < -0.39 is 6.10 Å². The molecule has 0 aliphatic heterocycles. The number of imidazole rings is 1. The number of anilines is 1. The summed E-state index contributed by atoms with van der Waals surface area (Å²) in [5.41, 5.74) is 2.11. The summed E-state index contributed by atoms with van der Waals surface area (Å²) < 4.78 is 7.47. The third-order valence-corrected chi connectivity index (χ3v) is 3.58. The number of nitrogens with zero attached hydrogens (tertiary/aromatic N) is 3. The van der Waals surface area contributed by atoms with Crippen LogP contribution in [-0.4, -0.2) is 21.6 Å². The van der Waals surface area contributed by atoms with Crippen LogP contribution in [0.2, 0.25) is 0 Å². The van der Waals surface area contributed by atoms with Crippen molar-refractivity contribution in [3.8, 4) is 17.5 Å². The first-order chi connectivity index (χ1) is 12.2. The highest BCUT2D eigenvalue weighted by atomic mass is 16.5. The molecule has 1 unspecified atom stereocenters. The smallest absolute Gasteiger partial charge is 0.265 e. The van der Waals surface area contributed by atoms with Crippen LogP contribution in [-0.2, 0) is 4.79 Å². The quantitative estimate of drug-likeness (QED) is 0.778. The number of benzene rings is 2. The van der Waals surface area contributed by atoms with Gasteiger partial charge in [-0.3, -0.25) is 4.79 Å². The van der Waals surface area contributed by atoms with E-state index in [1.54, 1.807) is 43.7 Å². The summed E-state index contributed by atoms with van der Waals surface area (Å²) in [5, 5.41) is 11.7. The Kier molecular flexibility index (Phi) is 4.77. The topological polar surface area (TPSA) is 79.9 Å². The van der Waals surface area contributed by atoms with Gasteiger partial charge in [0.05, 0.1) is 18.0 Å². The molecule has 0 radical (unpaired) electrons. The zero-order valence-electron chi connectivity index (χ0n) is 13.6. The van der Waals surface area contributed by atoms with Gasteiger partial charge in [0.2, 0.25) is 0 Å². The lowest BCUT2D eigenvalue weighted by Crippen LogP contribution is -2.30. The Labute approximate surface area is 145 Å². The van der Waals surface area contributed by atoms with Crippen LogP contribution in [0.15, 0.2) is 67.3 Å². The molecule has 1 amide bonds. The molecule has 1 aromatic heterocycles. The molecule has 1 atom stereocenters. The molecule has 0 spiro atoms. The molecular formula is C19H16N4O2. The largest absolute Gasteiger partial charge is 0.481 e. The summed E-state index contributed by atoms with van der Waals surface area (Å²) in [6.07, 6.45) is 4.57. The van der Waals surface area contributed by atoms with Gasteiger partial charge < -0.3 is 14.6 Å². The van der Waals surface area contributed by atoms with Crippen LogP contribution in [0.5, 0.6) is 5.75 Å². The van der Waals surface area contributed by atoms with Gasteiger partial charge in [0.25, 0.3) is 5.91 Å². The molecule has 0 aliphatic carbocycles. The molecule has 1 heterocycles. The Balaban J connectivity index is 1.62. The lowest BCUT2D eigenvalue weighted by molar-refractivity contribution is -0.122. The summed E-state index contributed by atoms with van der Waals surface area (Å²) >= 11 is 0. The van der Waals surface area contributed by atoms with Gasteiger partial charge >= 0.3 is 0 Å². The Morgan fingerprint density at radius 3 is 2.76 bits per heavy atom. The maximum Gasteiger partial charge on any atom is 0.265 e. The molecule has 2 aromatic carbocycles. The maximum atomic E-state index is 12.3. The van der Waals surface area contributed by atoms with Gasteiger partial charge in [-0.25, -0.2) is 4.98 Å². The highest BCUT2D eigenvalue weighted by molar-refractivity contribution is 5.94. The summed E-state index contributed by atoms with van der Waals surface area (Å²) in [7, 11) is 0. The number of ether oxygens (including phenoxy) is 1. The average Bonchev–Trinajstić information content (AvgIpc) is 3.17. The standard InChI is InChI=1S/C19H16N4O2/c1-14(25-18-4-2-3-15(11-18)12-20)19(24)22-16-5-7-17(8-6-16)23-10-9-21-13-23/h2-11,13-14H,1H3,(H,22,24). The highest BCUT2D eigenvalue weighted by Gasteiger charge is 2.15. The normalized spacial score (nSPS) is 11.4. The number of rotatable bonds is 5. The lowest BCUT2D eigenvalue weighted by Gasteiger charge is -2.15. The van der Waals surface area contributed by atoms with Crippen LogP contribution >= 0.6 is 0 Å². The predicted octanol–water partition coefficient (Wildman–Crippen LogP) is 3.15. The average molecular weight is 332 g/mol. The fourth-order valence-electron chi connectivity index (χ4n) is 2.27. The van der Waals surface area contributed by atoms with E-state index in [9.17, 15) is 4.79 Å². The molecule has 0 bridgehead atoms. The Morgan fingerprint density at radius 1 is 1.28 bits per heavy atom. The van der Waals surface area contributed by atoms with E-state index in [1.165, 1.54) is 0 Å². The first-order valence-electron chi connectivity index (χ1n) is 7.72. The van der Waals surface area contributed by atoms with E-state index in [1.807, 2.05) is 41.1 Å². The van der Waals surface area contributed by atoms with Crippen molar-refractivity contribution in [3.05, 3.63) is 72.8 Å². The minimum atomic E-state index is -0.692. The van der Waals surface area contributed by atoms with E-state index in [-0.39, 0.29) is 5.91 Å². The van der Waals surface area contributed by atoms with Crippen molar-refractivity contribution in [1.82, 2.24) is 9.55 Å². The van der Waals surface area contributed by atoms with Crippen LogP contribution < -0.4 is 10.1 Å². The number of carbonyl (C=O) groups excluding carboxylic acids is 1. The fraction of sp³-hybridized carbons (Fsp3) is 0.105. The van der Waals surface area contributed by atoms with Crippen molar-refractivity contribution in [2.24, 2.45) is 0 Å². The van der Waals surface area contributed by atoms with E-state index >= 15 is 0 Å². The van der Waals surface area contributed by atoms with Crippen LogP contribution in [0.25, 0.3) is 5.69 Å². The minimum Gasteiger partial charge on any atom is -0.481 e. The lowest BCUT2D eigenvalue weighted by atomic mass is 10.2. The second-order valence-electron chi connectivity index (χ2n) is 5.41. The molecule has 25 heavy (non-hydrogen) atoms. The van der Waals surface area contributed by atoms with E-state index in [4.69, 9.17) is 10.00 Å². The molecule has 1 N–H and O–H groups in total. The Bertz CT molecular complexity index is 896. The molecular weight excluding hydrogens is 316 g/mol. The van der Waals surface area contributed by atoms with E-state index in [0.29, 0.717) is 17.0 Å². The maximum absolute atomic E-state index is 12.3. The van der Waals surface area contributed by atoms with Crippen molar-refractivity contribution in [1.29, 1.82) is 5.26 Å². The van der Waals surface area contributed by atoms with E-state index in [0.717, 1.165) is 5.69 Å². The molecule has 0 fully saturated rings. The molecule has 6 nitrogen and oxygen atoms in total. The van der Waals surface area contributed by atoms with Gasteiger partial charge in [0.1, 0.15) is 5.75 Å². The van der Waals surface area contributed by atoms with Gasteiger partial charge in [-0.15, -0.1) is 0 Å². The van der Waals surface area contributed by atoms with Gasteiger partial charge in [-0.2, -0.15) is 5.26 Å². The van der Waals surface area contributed by atoms with Crippen molar-refractivity contribution in [2.45, 2.75) is 13.0 Å². The van der Waals surface area contributed by atoms with Crippen LogP contribution in [0.3, 0.4) is 0 Å². The second-order valence-corrected chi connectivity index (χ2v) is 5.41. The first kappa shape index (κ1) is 16.3. The molecule has 124 valence electrons. The summed E-state index contributed by atoms with van der Waals surface area (Å²) in [6, 6.07) is 16.2. The fourth-order valence-corrected chi connectivity index (χ4v) is 2.27. The van der Waals surface area contributed by atoms with Gasteiger partial charge in [0.15, 0.2) is 6.10 Å². The van der Waals surface area contributed by atoms with Crippen molar-refractivity contribution in [3.63, 3.8) is 0 Å². The van der Waals surface area contributed by atoms with Gasteiger partial charge in [0, 0.05) is 23.8 Å². The van der Waals surface area contributed by atoms with Crippen molar-refractivity contribution >= 4 is 11.6 Å². The molecule has 3 rings (SSSR count). The number of amides is 1. The minimum absolute atomic E-state index is 0.266.